The Hall–Kier alpha value is -2.01. The van der Waals surface area contributed by atoms with Crippen molar-refractivity contribution in [2.24, 2.45) is 7.05 Å². The highest BCUT2D eigenvalue weighted by molar-refractivity contribution is 7.98. The number of aryl methyl sites for hydroxylation is 3. The third-order valence-electron chi connectivity index (χ3n) is 3.80. The van der Waals surface area contributed by atoms with Crippen LogP contribution in [0.1, 0.15) is 22.5 Å². The maximum atomic E-state index is 5.35. The van der Waals surface area contributed by atoms with E-state index in [0.717, 1.165) is 28.1 Å². The lowest BCUT2D eigenvalue weighted by Gasteiger charge is -2.07. The number of nitrogens with zero attached hydrogens (tertiary/aromatic N) is 3. The number of hydrogen-bond acceptors (Lipinski definition) is 4. The Balaban J connectivity index is 1.81. The van der Waals surface area contributed by atoms with Gasteiger partial charge < -0.3 is 8.98 Å². The van der Waals surface area contributed by atoms with Crippen LogP contribution in [0.2, 0.25) is 0 Å². The van der Waals surface area contributed by atoms with Gasteiger partial charge in [0.1, 0.15) is 5.76 Å². The van der Waals surface area contributed by atoms with E-state index in [1.54, 1.807) is 18.0 Å². The molecule has 5 heteroatoms. The first-order valence-corrected chi connectivity index (χ1v) is 8.17. The molecule has 22 heavy (non-hydrogen) atoms. The highest BCUT2D eigenvalue weighted by atomic mass is 32.2. The van der Waals surface area contributed by atoms with E-state index < -0.39 is 0 Å². The molecule has 0 spiro atoms. The Labute approximate surface area is 134 Å². The predicted octanol–water partition coefficient (Wildman–Crippen LogP) is 4.29. The van der Waals surface area contributed by atoms with Crippen molar-refractivity contribution in [1.82, 2.24) is 14.8 Å². The highest BCUT2D eigenvalue weighted by Gasteiger charge is 2.15. The number of rotatable bonds is 4. The van der Waals surface area contributed by atoms with Crippen molar-refractivity contribution in [3.05, 3.63) is 53.0 Å². The first kappa shape index (κ1) is 14.9. The molecule has 1 aromatic carbocycles. The van der Waals surface area contributed by atoms with Crippen LogP contribution in [0.15, 0.2) is 40.1 Å². The van der Waals surface area contributed by atoms with Crippen molar-refractivity contribution in [3.8, 4) is 11.4 Å². The Morgan fingerprint density at radius 1 is 1.14 bits per heavy atom. The Morgan fingerprint density at radius 3 is 2.68 bits per heavy atom. The maximum Gasteiger partial charge on any atom is 0.191 e. The Bertz CT molecular complexity index is 804. The van der Waals surface area contributed by atoms with Gasteiger partial charge in [-0.1, -0.05) is 35.5 Å². The summed E-state index contributed by atoms with van der Waals surface area (Å²) in [6.45, 7) is 6.20. The van der Waals surface area contributed by atoms with E-state index in [1.807, 2.05) is 24.6 Å². The summed E-state index contributed by atoms with van der Waals surface area (Å²) in [6.07, 6.45) is 1.68. The van der Waals surface area contributed by atoms with Crippen LogP contribution < -0.4 is 0 Å². The largest absolute Gasteiger partial charge is 0.469 e. The van der Waals surface area contributed by atoms with Crippen LogP contribution in [-0.2, 0) is 12.8 Å². The first-order chi connectivity index (χ1) is 10.6. The smallest absolute Gasteiger partial charge is 0.191 e. The summed E-state index contributed by atoms with van der Waals surface area (Å²) < 4.78 is 7.37. The van der Waals surface area contributed by atoms with Crippen molar-refractivity contribution in [1.29, 1.82) is 0 Å². The molecule has 114 valence electrons. The number of thioether (sulfide) groups is 1. The van der Waals surface area contributed by atoms with Gasteiger partial charge in [-0.05, 0) is 38.0 Å². The van der Waals surface area contributed by atoms with Crippen LogP contribution in [-0.4, -0.2) is 14.8 Å². The van der Waals surface area contributed by atoms with Crippen LogP contribution in [0, 0.1) is 20.8 Å². The van der Waals surface area contributed by atoms with Gasteiger partial charge in [0.05, 0.1) is 11.8 Å². The van der Waals surface area contributed by atoms with Gasteiger partial charge in [0.2, 0.25) is 0 Å². The first-order valence-electron chi connectivity index (χ1n) is 7.19. The number of furan rings is 1. The molecule has 0 radical (unpaired) electrons. The summed E-state index contributed by atoms with van der Waals surface area (Å²) in [5, 5.41) is 9.53. The maximum absolute atomic E-state index is 5.35. The van der Waals surface area contributed by atoms with Gasteiger partial charge in [0, 0.05) is 12.8 Å². The standard InChI is InChI=1S/C17H19N3OS/c1-11-5-6-12(2)14(9-11)10-22-17-19-18-16(20(17)4)15-7-8-21-13(15)3/h5-9H,10H2,1-4H3. The molecule has 0 atom stereocenters. The SMILES string of the molecule is Cc1ccc(C)c(CSc2nnc(-c3ccoc3C)n2C)c1. The molecule has 0 saturated carbocycles. The van der Waals surface area contributed by atoms with E-state index in [0.29, 0.717) is 0 Å². The molecule has 0 saturated heterocycles. The zero-order valence-corrected chi connectivity index (χ0v) is 14.1. The van der Waals surface area contributed by atoms with Crippen molar-refractivity contribution in [2.45, 2.75) is 31.7 Å². The summed E-state index contributed by atoms with van der Waals surface area (Å²) in [6, 6.07) is 8.48. The minimum atomic E-state index is 0.842. The van der Waals surface area contributed by atoms with Crippen LogP contribution in [0.5, 0.6) is 0 Å². The van der Waals surface area contributed by atoms with Crippen molar-refractivity contribution < 1.29 is 4.42 Å². The second-order valence-electron chi connectivity index (χ2n) is 5.47. The van der Waals surface area contributed by atoms with Gasteiger partial charge in [-0.3, -0.25) is 0 Å². The molecule has 0 unspecified atom stereocenters. The molecule has 0 aliphatic rings. The third kappa shape index (κ3) is 2.81. The fraction of sp³-hybridized carbons (Fsp3) is 0.294. The van der Waals surface area contributed by atoms with Crippen LogP contribution in [0.4, 0.5) is 0 Å². The summed E-state index contributed by atoms with van der Waals surface area (Å²) in [5.41, 5.74) is 4.93. The molecule has 2 aromatic heterocycles. The minimum absolute atomic E-state index is 0.842. The van der Waals surface area contributed by atoms with Gasteiger partial charge in [0.25, 0.3) is 0 Å². The molecular formula is C17H19N3OS. The van der Waals surface area contributed by atoms with Crippen LogP contribution in [0.3, 0.4) is 0 Å². The van der Waals surface area contributed by atoms with E-state index in [9.17, 15) is 0 Å². The third-order valence-corrected chi connectivity index (χ3v) is 4.87. The molecule has 0 aliphatic carbocycles. The second kappa shape index (κ2) is 6.01. The van der Waals surface area contributed by atoms with E-state index in [2.05, 4.69) is 42.2 Å². The van der Waals surface area contributed by atoms with Gasteiger partial charge in [0.15, 0.2) is 11.0 Å². The number of aromatic nitrogens is 3. The van der Waals surface area contributed by atoms with Crippen molar-refractivity contribution in [2.75, 3.05) is 0 Å². The fourth-order valence-electron chi connectivity index (χ4n) is 2.39. The molecule has 0 N–H and O–H groups in total. The lowest BCUT2D eigenvalue weighted by molar-refractivity contribution is 0.534. The molecular weight excluding hydrogens is 294 g/mol. The molecule has 0 aliphatic heterocycles. The number of hydrogen-bond donors (Lipinski definition) is 0. The van der Waals surface area contributed by atoms with Gasteiger partial charge in [-0.2, -0.15) is 0 Å². The van der Waals surface area contributed by atoms with Crippen LogP contribution in [0.25, 0.3) is 11.4 Å². The fourth-order valence-corrected chi connectivity index (χ4v) is 3.36. The van der Waals surface area contributed by atoms with Crippen molar-refractivity contribution >= 4 is 11.8 Å². The average Bonchev–Trinajstić information content (AvgIpc) is 3.06. The van der Waals surface area contributed by atoms with Gasteiger partial charge in [-0.15, -0.1) is 10.2 Å². The molecule has 3 aromatic rings. The lowest BCUT2D eigenvalue weighted by Crippen LogP contribution is -1.96. The molecule has 0 amide bonds. The quantitative estimate of drug-likeness (QED) is 0.674. The molecule has 4 nitrogen and oxygen atoms in total. The average molecular weight is 313 g/mol. The summed E-state index contributed by atoms with van der Waals surface area (Å²) in [5.74, 6) is 2.60. The van der Waals surface area contributed by atoms with Crippen LogP contribution >= 0.6 is 11.8 Å². The Morgan fingerprint density at radius 2 is 1.95 bits per heavy atom. The molecule has 3 rings (SSSR count). The lowest BCUT2D eigenvalue weighted by atomic mass is 10.1. The molecule has 0 fully saturated rings. The van der Waals surface area contributed by atoms with E-state index >= 15 is 0 Å². The summed E-state index contributed by atoms with van der Waals surface area (Å²) >= 11 is 1.71. The minimum Gasteiger partial charge on any atom is -0.469 e. The van der Waals surface area contributed by atoms with Gasteiger partial charge >= 0.3 is 0 Å². The van der Waals surface area contributed by atoms with E-state index in [-0.39, 0.29) is 0 Å². The summed E-state index contributed by atoms with van der Waals surface area (Å²) in [4.78, 5) is 0. The van der Waals surface area contributed by atoms with Crippen molar-refractivity contribution in [3.63, 3.8) is 0 Å². The zero-order valence-electron chi connectivity index (χ0n) is 13.3. The summed E-state index contributed by atoms with van der Waals surface area (Å²) in [7, 11) is 1.99. The molecule has 0 bridgehead atoms. The second-order valence-corrected chi connectivity index (χ2v) is 6.42. The van der Waals surface area contributed by atoms with Gasteiger partial charge in [-0.25, -0.2) is 0 Å². The predicted molar refractivity (Wildman–Crippen MR) is 88.9 cm³/mol. The topological polar surface area (TPSA) is 43.9 Å². The number of benzene rings is 1. The normalized spacial score (nSPS) is 11.1. The molecule has 2 heterocycles. The Kier molecular flexibility index (Phi) is 4.07. The van der Waals surface area contributed by atoms with E-state index in [1.165, 1.54) is 16.7 Å². The monoisotopic (exact) mass is 313 g/mol. The zero-order chi connectivity index (χ0) is 15.7. The van der Waals surface area contributed by atoms with E-state index in [4.69, 9.17) is 4.42 Å². The highest BCUT2D eigenvalue weighted by Crippen LogP contribution is 2.28.